The van der Waals surface area contributed by atoms with E-state index in [9.17, 15) is 4.79 Å². The minimum absolute atomic E-state index is 0.278. The maximum Gasteiger partial charge on any atom is 0.407 e. The number of amides is 1. The minimum atomic E-state index is -0.319. The number of para-hydroxylation sites is 1. The van der Waals surface area contributed by atoms with E-state index in [0.717, 1.165) is 38.8 Å². The van der Waals surface area contributed by atoms with Crippen LogP contribution in [0.1, 0.15) is 56.9 Å². The Bertz CT molecular complexity index is 532. The van der Waals surface area contributed by atoms with E-state index in [2.05, 4.69) is 34.5 Å². The third-order valence-corrected chi connectivity index (χ3v) is 5.35. The van der Waals surface area contributed by atoms with E-state index in [1.807, 2.05) is 0 Å². The van der Waals surface area contributed by atoms with Crippen molar-refractivity contribution in [1.29, 1.82) is 0 Å². The Balaban J connectivity index is 1.96. The quantitative estimate of drug-likeness (QED) is 0.909. The van der Waals surface area contributed by atoms with Gasteiger partial charge in [-0.15, -0.1) is 0 Å². The van der Waals surface area contributed by atoms with Gasteiger partial charge in [0.1, 0.15) is 0 Å². The molecular formula is C19H28N2O2. The summed E-state index contributed by atoms with van der Waals surface area (Å²) in [6, 6.07) is 8.63. The van der Waals surface area contributed by atoms with Crippen LogP contribution in [0.5, 0.6) is 0 Å². The molecule has 0 aromatic heterocycles. The fraction of sp³-hybridized carbons (Fsp3) is 0.632. The number of benzene rings is 1. The molecule has 0 bridgehead atoms. The molecule has 1 N–H and O–H groups in total. The Kier molecular flexibility index (Phi) is 5.09. The van der Waals surface area contributed by atoms with Crippen molar-refractivity contribution in [3.63, 3.8) is 0 Å². The van der Waals surface area contributed by atoms with E-state index >= 15 is 0 Å². The molecule has 1 aliphatic carbocycles. The molecule has 3 rings (SSSR count). The van der Waals surface area contributed by atoms with E-state index in [1.165, 1.54) is 44.0 Å². The molecule has 126 valence electrons. The molecule has 4 heteroatoms. The lowest BCUT2D eigenvalue weighted by Crippen LogP contribution is -2.48. The Morgan fingerprint density at radius 3 is 2.39 bits per heavy atom. The van der Waals surface area contributed by atoms with E-state index in [-0.39, 0.29) is 11.6 Å². The summed E-state index contributed by atoms with van der Waals surface area (Å²) in [5.74, 6) is 0. The summed E-state index contributed by atoms with van der Waals surface area (Å²) in [7, 11) is 1.45. The molecule has 0 unspecified atom stereocenters. The number of hydrogen-bond donors (Lipinski definition) is 1. The number of methoxy groups -OCH3 is 1. The highest BCUT2D eigenvalue weighted by atomic mass is 16.5. The summed E-state index contributed by atoms with van der Waals surface area (Å²) in [4.78, 5) is 14.5. The van der Waals surface area contributed by atoms with Gasteiger partial charge >= 0.3 is 6.09 Å². The topological polar surface area (TPSA) is 41.6 Å². The van der Waals surface area contributed by atoms with Gasteiger partial charge in [0, 0.05) is 24.3 Å². The van der Waals surface area contributed by atoms with E-state index < -0.39 is 0 Å². The highest BCUT2D eigenvalue weighted by Gasteiger charge is 2.38. The van der Waals surface area contributed by atoms with Crippen LogP contribution in [0, 0.1) is 0 Å². The summed E-state index contributed by atoms with van der Waals surface area (Å²) in [5, 5.41) is 3.19. The van der Waals surface area contributed by atoms with Crippen LogP contribution in [0.4, 0.5) is 10.5 Å². The molecule has 2 fully saturated rings. The Hall–Kier alpha value is -1.71. The standard InChI is InChI=1S/C19H28N2O2/c1-23-18(22)20-19(12-6-2-7-13-19)16-10-4-5-11-17(16)21-14-8-3-9-15-21/h4-5,10-11H,2-3,6-9,12-15H2,1H3,(H,20,22). The summed E-state index contributed by atoms with van der Waals surface area (Å²) in [6.07, 6.45) is 9.05. The third kappa shape index (κ3) is 3.46. The van der Waals surface area contributed by atoms with E-state index in [1.54, 1.807) is 0 Å². The molecule has 1 amide bonds. The maximum absolute atomic E-state index is 12.0. The van der Waals surface area contributed by atoms with Gasteiger partial charge in [0.25, 0.3) is 0 Å². The fourth-order valence-electron chi connectivity index (χ4n) is 4.15. The zero-order chi connectivity index (χ0) is 16.1. The number of nitrogens with one attached hydrogen (secondary N) is 1. The Morgan fingerprint density at radius 2 is 1.70 bits per heavy atom. The Morgan fingerprint density at radius 1 is 1.04 bits per heavy atom. The second-order valence-electron chi connectivity index (χ2n) is 6.82. The normalized spacial score (nSPS) is 20.8. The van der Waals surface area contributed by atoms with Crippen molar-refractivity contribution in [3.8, 4) is 0 Å². The van der Waals surface area contributed by atoms with Crippen LogP contribution in [-0.4, -0.2) is 26.3 Å². The van der Waals surface area contributed by atoms with Crippen molar-refractivity contribution in [2.24, 2.45) is 0 Å². The molecule has 1 saturated carbocycles. The minimum Gasteiger partial charge on any atom is -0.453 e. The van der Waals surface area contributed by atoms with Crippen molar-refractivity contribution in [2.45, 2.75) is 56.9 Å². The lowest BCUT2D eigenvalue weighted by molar-refractivity contribution is 0.143. The van der Waals surface area contributed by atoms with Crippen molar-refractivity contribution in [2.75, 3.05) is 25.1 Å². The molecule has 1 heterocycles. The van der Waals surface area contributed by atoms with E-state index in [4.69, 9.17) is 4.74 Å². The smallest absolute Gasteiger partial charge is 0.407 e. The number of rotatable bonds is 3. The first-order valence-electron chi connectivity index (χ1n) is 8.96. The average Bonchev–Trinajstić information content (AvgIpc) is 2.63. The molecule has 1 aromatic rings. The molecule has 4 nitrogen and oxygen atoms in total. The van der Waals surface area contributed by atoms with Crippen molar-refractivity contribution in [1.82, 2.24) is 5.32 Å². The fourth-order valence-corrected chi connectivity index (χ4v) is 4.15. The third-order valence-electron chi connectivity index (χ3n) is 5.35. The number of anilines is 1. The number of piperidine rings is 1. The van der Waals surface area contributed by atoms with Crippen molar-refractivity contribution in [3.05, 3.63) is 29.8 Å². The summed E-state index contributed by atoms with van der Waals surface area (Å²) >= 11 is 0. The molecule has 1 aromatic carbocycles. The molecular weight excluding hydrogens is 288 g/mol. The number of alkyl carbamates (subject to hydrolysis) is 1. The van der Waals surface area contributed by atoms with Gasteiger partial charge in [0.15, 0.2) is 0 Å². The predicted octanol–water partition coefficient (Wildman–Crippen LogP) is 4.19. The zero-order valence-electron chi connectivity index (χ0n) is 14.1. The van der Waals surface area contributed by atoms with Crippen LogP contribution in [0.15, 0.2) is 24.3 Å². The van der Waals surface area contributed by atoms with Gasteiger partial charge < -0.3 is 15.0 Å². The monoisotopic (exact) mass is 316 g/mol. The molecule has 0 radical (unpaired) electrons. The summed E-state index contributed by atoms with van der Waals surface area (Å²) in [6.45, 7) is 2.23. The maximum atomic E-state index is 12.0. The van der Waals surface area contributed by atoms with Crippen LogP contribution in [0.3, 0.4) is 0 Å². The second kappa shape index (κ2) is 7.24. The number of carbonyl (C=O) groups excluding carboxylic acids is 1. The molecule has 0 spiro atoms. The van der Waals surface area contributed by atoms with Crippen LogP contribution < -0.4 is 10.2 Å². The first-order valence-corrected chi connectivity index (χ1v) is 8.96. The average molecular weight is 316 g/mol. The van der Waals surface area contributed by atoms with Gasteiger partial charge in [-0.1, -0.05) is 37.5 Å². The van der Waals surface area contributed by atoms with Gasteiger partial charge in [-0.05, 0) is 38.2 Å². The number of carbonyl (C=O) groups is 1. The molecule has 0 atom stereocenters. The highest BCUT2D eigenvalue weighted by molar-refractivity contribution is 5.70. The summed E-state index contributed by atoms with van der Waals surface area (Å²) in [5.41, 5.74) is 2.29. The number of hydrogen-bond acceptors (Lipinski definition) is 3. The van der Waals surface area contributed by atoms with Gasteiger partial charge in [-0.2, -0.15) is 0 Å². The number of nitrogens with zero attached hydrogens (tertiary/aromatic N) is 1. The van der Waals surface area contributed by atoms with Gasteiger partial charge in [-0.25, -0.2) is 4.79 Å². The van der Waals surface area contributed by atoms with Crippen LogP contribution >= 0.6 is 0 Å². The molecule has 1 saturated heterocycles. The SMILES string of the molecule is COC(=O)NC1(c2ccccc2N2CCCCC2)CCCCC1. The first kappa shape index (κ1) is 16.2. The first-order chi connectivity index (χ1) is 11.2. The van der Waals surface area contributed by atoms with Crippen LogP contribution in [-0.2, 0) is 10.3 Å². The highest BCUT2D eigenvalue weighted by Crippen LogP contribution is 2.42. The van der Waals surface area contributed by atoms with Crippen LogP contribution in [0.2, 0.25) is 0 Å². The zero-order valence-corrected chi connectivity index (χ0v) is 14.1. The van der Waals surface area contributed by atoms with E-state index in [0.29, 0.717) is 0 Å². The Labute approximate surface area is 139 Å². The molecule has 23 heavy (non-hydrogen) atoms. The largest absolute Gasteiger partial charge is 0.453 e. The second-order valence-corrected chi connectivity index (χ2v) is 6.82. The van der Waals surface area contributed by atoms with Crippen molar-refractivity contribution >= 4 is 11.8 Å². The van der Waals surface area contributed by atoms with Gasteiger partial charge in [0.2, 0.25) is 0 Å². The van der Waals surface area contributed by atoms with Gasteiger partial charge in [0.05, 0.1) is 12.6 Å². The lowest BCUT2D eigenvalue weighted by Gasteiger charge is -2.41. The van der Waals surface area contributed by atoms with Crippen LogP contribution in [0.25, 0.3) is 0 Å². The van der Waals surface area contributed by atoms with Crippen molar-refractivity contribution < 1.29 is 9.53 Å². The predicted molar refractivity (Wildman–Crippen MR) is 92.8 cm³/mol. The summed E-state index contributed by atoms with van der Waals surface area (Å²) < 4.78 is 4.92. The molecule has 1 aliphatic heterocycles. The van der Waals surface area contributed by atoms with Gasteiger partial charge in [-0.3, -0.25) is 0 Å². The molecule has 2 aliphatic rings. The number of ether oxygens (including phenoxy) is 1. The lowest BCUT2D eigenvalue weighted by atomic mass is 9.75.